The van der Waals surface area contributed by atoms with Gasteiger partial charge in [-0.3, -0.25) is 9.59 Å². The Morgan fingerprint density at radius 2 is 2.16 bits per heavy atom. The van der Waals surface area contributed by atoms with Gasteiger partial charge in [0.15, 0.2) is 0 Å². The van der Waals surface area contributed by atoms with E-state index in [1.807, 2.05) is 0 Å². The number of nitro groups is 1. The summed E-state index contributed by atoms with van der Waals surface area (Å²) in [6.45, 7) is 3.17. The lowest BCUT2D eigenvalue weighted by Crippen LogP contribution is -2.14. The minimum Gasteiger partial charge on any atom is -0.466 e. The summed E-state index contributed by atoms with van der Waals surface area (Å²) in [6, 6.07) is 4.06. The van der Waals surface area contributed by atoms with E-state index in [0.29, 0.717) is 0 Å². The summed E-state index contributed by atoms with van der Waals surface area (Å²) in [7, 11) is 0. The number of aromatic nitrogens is 1. The molecular weight excluding hydrogens is 252 g/mol. The predicted molar refractivity (Wildman–Crippen MR) is 65.6 cm³/mol. The third-order valence-corrected chi connectivity index (χ3v) is 2.31. The fourth-order valence-corrected chi connectivity index (χ4v) is 1.42. The lowest BCUT2D eigenvalue weighted by atomic mass is 10.0. The summed E-state index contributed by atoms with van der Waals surface area (Å²) in [5, 5.41) is 10.5. The van der Waals surface area contributed by atoms with Crippen molar-refractivity contribution in [3.8, 4) is 0 Å². The molecule has 1 aromatic heterocycles. The van der Waals surface area contributed by atoms with Gasteiger partial charge in [-0.05, 0) is 28.0 Å². The summed E-state index contributed by atoms with van der Waals surface area (Å²) in [5.74, 6) is -1.26. The number of ether oxygens (including phenoxy) is 1. The predicted octanol–water partition coefficient (Wildman–Crippen LogP) is 1.76. The van der Waals surface area contributed by atoms with E-state index >= 15 is 0 Å². The Hall–Kier alpha value is -2.31. The van der Waals surface area contributed by atoms with Crippen molar-refractivity contribution in [3.63, 3.8) is 0 Å². The largest absolute Gasteiger partial charge is 0.466 e. The van der Waals surface area contributed by atoms with Crippen LogP contribution in [-0.2, 0) is 9.53 Å². The highest BCUT2D eigenvalue weighted by Gasteiger charge is 2.19. The molecule has 7 nitrogen and oxygen atoms in total. The van der Waals surface area contributed by atoms with E-state index < -0.39 is 10.9 Å². The van der Waals surface area contributed by atoms with Gasteiger partial charge >= 0.3 is 11.8 Å². The number of hydrogen-bond acceptors (Lipinski definition) is 6. The molecule has 0 radical (unpaired) electrons. The molecule has 0 fully saturated rings. The van der Waals surface area contributed by atoms with Crippen LogP contribution < -0.4 is 0 Å². The first-order valence-corrected chi connectivity index (χ1v) is 5.68. The van der Waals surface area contributed by atoms with E-state index in [-0.39, 0.29) is 36.2 Å². The van der Waals surface area contributed by atoms with Gasteiger partial charge in [-0.1, -0.05) is 6.92 Å². The number of pyridine rings is 1. The number of ketones is 1. The molecule has 0 amide bonds. The minimum atomic E-state index is -0.654. The molecule has 7 heteroatoms. The van der Waals surface area contributed by atoms with E-state index in [9.17, 15) is 19.7 Å². The summed E-state index contributed by atoms with van der Waals surface area (Å²) in [5.41, 5.74) is 0.0453. The average molecular weight is 266 g/mol. The molecule has 0 spiro atoms. The highest BCUT2D eigenvalue weighted by atomic mass is 16.6. The van der Waals surface area contributed by atoms with Crippen LogP contribution in [-0.4, -0.2) is 28.3 Å². The van der Waals surface area contributed by atoms with Crippen molar-refractivity contribution in [2.75, 3.05) is 6.61 Å². The van der Waals surface area contributed by atoms with Crippen molar-refractivity contribution in [2.45, 2.75) is 20.3 Å². The molecule has 0 saturated heterocycles. The quantitative estimate of drug-likeness (QED) is 0.336. The zero-order chi connectivity index (χ0) is 14.4. The Morgan fingerprint density at radius 3 is 2.74 bits per heavy atom. The fraction of sp³-hybridized carbons (Fsp3) is 0.417. The molecule has 1 atom stereocenters. The van der Waals surface area contributed by atoms with E-state index in [1.165, 1.54) is 25.1 Å². The fourth-order valence-electron chi connectivity index (χ4n) is 1.42. The van der Waals surface area contributed by atoms with Crippen LogP contribution in [0.1, 0.15) is 30.8 Å². The second-order valence-corrected chi connectivity index (χ2v) is 4.17. The second-order valence-electron chi connectivity index (χ2n) is 4.17. The second kappa shape index (κ2) is 6.58. The number of hydrogen-bond donors (Lipinski definition) is 0. The van der Waals surface area contributed by atoms with E-state index in [2.05, 4.69) is 4.98 Å². The van der Waals surface area contributed by atoms with Gasteiger partial charge in [0.1, 0.15) is 0 Å². The van der Waals surface area contributed by atoms with Crippen LogP contribution in [0.2, 0.25) is 0 Å². The molecule has 0 saturated carbocycles. The van der Waals surface area contributed by atoms with Crippen LogP contribution in [0.4, 0.5) is 5.82 Å². The molecule has 19 heavy (non-hydrogen) atoms. The van der Waals surface area contributed by atoms with E-state index in [0.717, 1.165) is 0 Å². The molecule has 0 aliphatic heterocycles. The van der Waals surface area contributed by atoms with Crippen LogP contribution >= 0.6 is 0 Å². The standard InChI is InChI=1S/C12H14N2O5/c1-8(7-19-9(2)15)6-11(16)10-4-3-5-12(13-10)14(17)18/h3-5,8H,6-7H2,1-2H3/t8-/m0/s1. The summed E-state index contributed by atoms with van der Waals surface area (Å²) < 4.78 is 4.78. The third-order valence-electron chi connectivity index (χ3n) is 2.31. The van der Waals surface area contributed by atoms with E-state index in [4.69, 9.17) is 4.74 Å². The number of nitrogens with zero attached hydrogens (tertiary/aromatic N) is 2. The maximum Gasteiger partial charge on any atom is 0.364 e. The Bertz CT molecular complexity index is 501. The molecule has 102 valence electrons. The molecule has 0 aliphatic carbocycles. The van der Waals surface area contributed by atoms with Crippen LogP contribution in [0.5, 0.6) is 0 Å². The molecule has 0 aliphatic rings. The number of carbonyl (C=O) groups excluding carboxylic acids is 2. The number of Topliss-reactive ketones (excluding diaryl/α,β-unsaturated/α-hetero) is 1. The van der Waals surface area contributed by atoms with Gasteiger partial charge < -0.3 is 14.9 Å². The van der Waals surface area contributed by atoms with Gasteiger partial charge in [-0.15, -0.1) is 0 Å². The summed E-state index contributed by atoms with van der Waals surface area (Å²) in [4.78, 5) is 36.0. The molecule has 1 rings (SSSR count). The first-order valence-electron chi connectivity index (χ1n) is 5.68. The van der Waals surface area contributed by atoms with Crippen LogP contribution in [0, 0.1) is 16.0 Å². The third kappa shape index (κ3) is 4.82. The van der Waals surface area contributed by atoms with Crippen molar-refractivity contribution >= 4 is 17.6 Å². The Balaban J connectivity index is 2.65. The van der Waals surface area contributed by atoms with Gasteiger partial charge in [-0.2, -0.15) is 0 Å². The number of esters is 1. The smallest absolute Gasteiger partial charge is 0.364 e. The van der Waals surface area contributed by atoms with Crippen molar-refractivity contribution in [3.05, 3.63) is 34.0 Å². The normalized spacial score (nSPS) is 11.7. The first-order chi connectivity index (χ1) is 8.90. The lowest BCUT2D eigenvalue weighted by molar-refractivity contribution is -0.389. The average Bonchev–Trinajstić information content (AvgIpc) is 2.36. The summed E-state index contributed by atoms with van der Waals surface area (Å²) in [6.07, 6.45) is 0.113. The SMILES string of the molecule is CC(=O)OC[C@@H](C)CC(=O)c1cccc([N+](=O)[O-])n1. The van der Waals surface area contributed by atoms with Gasteiger partial charge in [-0.25, -0.2) is 0 Å². The van der Waals surface area contributed by atoms with Crippen LogP contribution in [0.25, 0.3) is 0 Å². The van der Waals surface area contributed by atoms with Gasteiger partial charge in [0.05, 0.1) is 6.61 Å². The highest BCUT2D eigenvalue weighted by molar-refractivity contribution is 5.94. The van der Waals surface area contributed by atoms with Crippen molar-refractivity contribution in [2.24, 2.45) is 5.92 Å². The summed E-state index contributed by atoms with van der Waals surface area (Å²) >= 11 is 0. The Labute approximate surface area is 109 Å². The highest BCUT2D eigenvalue weighted by Crippen LogP contribution is 2.12. The van der Waals surface area contributed by atoms with Crippen LogP contribution in [0.15, 0.2) is 18.2 Å². The topological polar surface area (TPSA) is 99.4 Å². The maximum atomic E-state index is 11.8. The van der Waals surface area contributed by atoms with Crippen LogP contribution in [0.3, 0.4) is 0 Å². The first kappa shape index (κ1) is 14.7. The lowest BCUT2D eigenvalue weighted by Gasteiger charge is -2.08. The minimum absolute atomic E-state index is 0.0453. The number of rotatable bonds is 6. The van der Waals surface area contributed by atoms with Gasteiger partial charge in [0, 0.05) is 19.4 Å². The van der Waals surface area contributed by atoms with Gasteiger partial charge in [0.25, 0.3) is 0 Å². The molecule has 1 aromatic rings. The number of carbonyl (C=O) groups is 2. The molecule has 0 N–H and O–H groups in total. The maximum absolute atomic E-state index is 11.8. The monoisotopic (exact) mass is 266 g/mol. The molecule has 1 heterocycles. The molecule has 0 bridgehead atoms. The Kier molecular flexibility index (Phi) is 5.11. The van der Waals surface area contributed by atoms with Crippen molar-refractivity contribution < 1.29 is 19.2 Å². The Morgan fingerprint density at radius 1 is 1.47 bits per heavy atom. The molecule has 0 aromatic carbocycles. The molecular formula is C12H14N2O5. The van der Waals surface area contributed by atoms with Crippen molar-refractivity contribution in [1.82, 2.24) is 4.98 Å². The van der Waals surface area contributed by atoms with E-state index in [1.54, 1.807) is 6.92 Å². The van der Waals surface area contributed by atoms with Crippen molar-refractivity contribution in [1.29, 1.82) is 0 Å². The zero-order valence-corrected chi connectivity index (χ0v) is 10.7. The van der Waals surface area contributed by atoms with Gasteiger partial charge in [0.2, 0.25) is 11.5 Å². The zero-order valence-electron chi connectivity index (χ0n) is 10.7. The molecule has 0 unspecified atom stereocenters.